The van der Waals surface area contributed by atoms with Crippen molar-refractivity contribution in [2.75, 3.05) is 23.3 Å². The van der Waals surface area contributed by atoms with Crippen LogP contribution in [0.25, 0.3) is 0 Å². The number of carbonyl (C=O) groups is 2. The molecule has 1 fully saturated rings. The molecule has 3 rings (SSSR count). The molecule has 1 atom stereocenters. The van der Waals surface area contributed by atoms with Crippen molar-refractivity contribution >= 4 is 23.2 Å². The Morgan fingerprint density at radius 3 is 2.48 bits per heavy atom. The molecule has 0 radical (unpaired) electrons. The van der Waals surface area contributed by atoms with E-state index < -0.39 is 11.9 Å². The van der Waals surface area contributed by atoms with E-state index in [2.05, 4.69) is 28.5 Å². The average molecular weight is 369 g/mol. The number of anilines is 2. The largest absolute Gasteiger partial charge is 0.459 e. The van der Waals surface area contributed by atoms with Crippen molar-refractivity contribution in [3.63, 3.8) is 0 Å². The van der Waals surface area contributed by atoms with Crippen molar-refractivity contribution < 1.29 is 14.0 Å². The monoisotopic (exact) mass is 369 g/mol. The Labute approximate surface area is 159 Å². The molecule has 2 heterocycles. The number of hydrogen-bond acceptors (Lipinski definition) is 4. The van der Waals surface area contributed by atoms with Crippen LogP contribution in [0.5, 0.6) is 0 Å². The van der Waals surface area contributed by atoms with E-state index in [1.165, 1.54) is 24.8 Å². The first-order valence-electron chi connectivity index (χ1n) is 9.46. The van der Waals surface area contributed by atoms with E-state index in [4.69, 9.17) is 4.42 Å². The van der Waals surface area contributed by atoms with Gasteiger partial charge in [0.05, 0.1) is 6.26 Å². The van der Waals surface area contributed by atoms with Gasteiger partial charge in [0, 0.05) is 24.5 Å². The van der Waals surface area contributed by atoms with Gasteiger partial charge in [0.25, 0.3) is 5.91 Å². The minimum absolute atomic E-state index is 0.0612. The lowest BCUT2D eigenvalue weighted by molar-refractivity contribution is -0.118. The van der Waals surface area contributed by atoms with Gasteiger partial charge in [0.15, 0.2) is 5.76 Å². The summed E-state index contributed by atoms with van der Waals surface area (Å²) < 4.78 is 5.10. The van der Waals surface area contributed by atoms with E-state index in [1.54, 1.807) is 12.1 Å². The molecule has 0 spiro atoms. The third-order valence-electron chi connectivity index (χ3n) is 4.89. The molecule has 1 aliphatic heterocycles. The Bertz CT molecular complexity index is 793. The Morgan fingerprint density at radius 1 is 1.15 bits per heavy atom. The van der Waals surface area contributed by atoms with Crippen molar-refractivity contribution in [1.29, 1.82) is 0 Å². The highest BCUT2D eigenvalue weighted by Gasteiger charge is 2.26. The molecule has 1 aromatic heterocycles. The first-order chi connectivity index (χ1) is 13.0. The molecule has 0 saturated carbocycles. The zero-order valence-corrected chi connectivity index (χ0v) is 16.1. The fourth-order valence-corrected chi connectivity index (χ4v) is 3.42. The molecule has 1 unspecified atom stereocenters. The molecule has 2 N–H and O–H groups in total. The summed E-state index contributed by atoms with van der Waals surface area (Å²) in [7, 11) is 0. The van der Waals surface area contributed by atoms with Crippen molar-refractivity contribution in [2.45, 2.75) is 39.7 Å². The molecule has 2 aromatic rings. The number of rotatable bonds is 6. The van der Waals surface area contributed by atoms with E-state index in [1.807, 2.05) is 26.0 Å². The van der Waals surface area contributed by atoms with Crippen LogP contribution in [0.4, 0.5) is 11.4 Å². The standard InChI is InChI=1S/C21H27N3O3/c1-14(2)19(23-20(25)18-7-6-12-27-18)21(26)22-16-8-9-17(15(3)13-16)24-10-4-5-11-24/h6-9,12-14,19H,4-5,10-11H2,1-3H3,(H,22,26)(H,23,25). The summed E-state index contributed by atoms with van der Waals surface area (Å²) in [6.07, 6.45) is 3.89. The summed E-state index contributed by atoms with van der Waals surface area (Å²) in [5.41, 5.74) is 3.09. The van der Waals surface area contributed by atoms with Crippen molar-refractivity contribution in [3.8, 4) is 0 Å². The van der Waals surface area contributed by atoms with Gasteiger partial charge in [0.1, 0.15) is 6.04 Å². The van der Waals surface area contributed by atoms with Gasteiger partial charge in [-0.1, -0.05) is 13.8 Å². The van der Waals surface area contributed by atoms with Gasteiger partial charge in [-0.3, -0.25) is 9.59 Å². The number of nitrogens with one attached hydrogen (secondary N) is 2. The van der Waals surface area contributed by atoms with E-state index in [0.29, 0.717) is 0 Å². The molecule has 2 amide bonds. The first-order valence-corrected chi connectivity index (χ1v) is 9.46. The van der Waals surface area contributed by atoms with Crippen LogP contribution < -0.4 is 15.5 Å². The summed E-state index contributed by atoms with van der Waals surface area (Å²) in [6.45, 7) is 8.02. The van der Waals surface area contributed by atoms with Gasteiger partial charge in [0.2, 0.25) is 5.91 Å². The molecule has 1 saturated heterocycles. The molecule has 144 valence electrons. The molecule has 6 heteroatoms. The Balaban J connectivity index is 1.68. The van der Waals surface area contributed by atoms with Gasteiger partial charge in [-0.05, 0) is 61.6 Å². The summed E-state index contributed by atoms with van der Waals surface area (Å²) in [6, 6.07) is 8.53. The smallest absolute Gasteiger partial charge is 0.287 e. The second-order valence-electron chi connectivity index (χ2n) is 7.36. The van der Waals surface area contributed by atoms with Crippen LogP contribution in [-0.2, 0) is 4.79 Å². The fourth-order valence-electron chi connectivity index (χ4n) is 3.42. The number of nitrogens with zero attached hydrogens (tertiary/aromatic N) is 1. The SMILES string of the molecule is Cc1cc(NC(=O)C(NC(=O)c2ccco2)C(C)C)ccc1N1CCCC1. The minimum Gasteiger partial charge on any atom is -0.459 e. The maximum Gasteiger partial charge on any atom is 0.287 e. The predicted octanol–water partition coefficient (Wildman–Crippen LogP) is 3.58. The number of furan rings is 1. The number of hydrogen-bond donors (Lipinski definition) is 2. The summed E-state index contributed by atoms with van der Waals surface area (Å²) in [5.74, 6) is -0.499. The maximum atomic E-state index is 12.7. The van der Waals surface area contributed by atoms with Crippen LogP contribution in [0.1, 0.15) is 42.8 Å². The lowest BCUT2D eigenvalue weighted by atomic mass is 10.0. The molecule has 0 bridgehead atoms. The summed E-state index contributed by atoms with van der Waals surface area (Å²) in [4.78, 5) is 27.4. The maximum absolute atomic E-state index is 12.7. The molecule has 1 aliphatic rings. The Kier molecular flexibility index (Phi) is 5.84. The van der Waals surface area contributed by atoms with E-state index in [-0.39, 0.29) is 17.6 Å². The van der Waals surface area contributed by atoms with Gasteiger partial charge in [-0.15, -0.1) is 0 Å². The lowest BCUT2D eigenvalue weighted by Gasteiger charge is -2.23. The van der Waals surface area contributed by atoms with Crippen LogP contribution in [0.3, 0.4) is 0 Å². The van der Waals surface area contributed by atoms with Gasteiger partial charge >= 0.3 is 0 Å². The van der Waals surface area contributed by atoms with E-state index in [9.17, 15) is 9.59 Å². The molecular weight excluding hydrogens is 342 g/mol. The molecular formula is C21H27N3O3. The predicted molar refractivity (Wildman–Crippen MR) is 106 cm³/mol. The quantitative estimate of drug-likeness (QED) is 0.816. The zero-order chi connectivity index (χ0) is 19.4. The van der Waals surface area contributed by atoms with Gasteiger partial charge < -0.3 is 20.0 Å². The second-order valence-corrected chi connectivity index (χ2v) is 7.36. The number of aryl methyl sites for hydroxylation is 1. The number of amides is 2. The zero-order valence-electron chi connectivity index (χ0n) is 16.1. The lowest BCUT2D eigenvalue weighted by Crippen LogP contribution is -2.47. The van der Waals surface area contributed by atoms with Crippen LogP contribution in [-0.4, -0.2) is 30.9 Å². The first kappa shape index (κ1) is 19.0. The van der Waals surface area contributed by atoms with Gasteiger partial charge in [-0.2, -0.15) is 0 Å². The van der Waals surface area contributed by atoms with Crippen LogP contribution in [0.2, 0.25) is 0 Å². The van der Waals surface area contributed by atoms with Crippen molar-refractivity contribution in [1.82, 2.24) is 5.32 Å². The molecule has 27 heavy (non-hydrogen) atoms. The highest BCUT2D eigenvalue weighted by molar-refractivity contribution is 6.00. The molecule has 0 aliphatic carbocycles. The van der Waals surface area contributed by atoms with Crippen LogP contribution >= 0.6 is 0 Å². The minimum atomic E-state index is -0.652. The van der Waals surface area contributed by atoms with Crippen molar-refractivity contribution in [3.05, 3.63) is 47.9 Å². The van der Waals surface area contributed by atoms with E-state index >= 15 is 0 Å². The van der Waals surface area contributed by atoms with E-state index in [0.717, 1.165) is 24.3 Å². The highest BCUT2D eigenvalue weighted by atomic mass is 16.3. The second kappa shape index (κ2) is 8.29. The Morgan fingerprint density at radius 2 is 1.89 bits per heavy atom. The number of benzene rings is 1. The summed E-state index contributed by atoms with van der Waals surface area (Å²) >= 11 is 0. The molecule has 6 nitrogen and oxygen atoms in total. The topological polar surface area (TPSA) is 74.6 Å². The third kappa shape index (κ3) is 4.51. The van der Waals surface area contributed by atoms with Gasteiger partial charge in [-0.25, -0.2) is 0 Å². The third-order valence-corrected chi connectivity index (χ3v) is 4.89. The van der Waals surface area contributed by atoms with Crippen LogP contribution in [0, 0.1) is 12.8 Å². The highest BCUT2D eigenvalue weighted by Crippen LogP contribution is 2.26. The normalized spacial score (nSPS) is 15.0. The fraction of sp³-hybridized carbons (Fsp3) is 0.429. The van der Waals surface area contributed by atoms with Crippen molar-refractivity contribution in [2.24, 2.45) is 5.92 Å². The van der Waals surface area contributed by atoms with Crippen LogP contribution in [0.15, 0.2) is 41.0 Å². The summed E-state index contributed by atoms with van der Waals surface area (Å²) in [5, 5.41) is 5.69. The molecule has 1 aromatic carbocycles. The Hall–Kier alpha value is -2.76. The number of carbonyl (C=O) groups excluding carboxylic acids is 2. The average Bonchev–Trinajstić information content (AvgIpc) is 3.32.